The third kappa shape index (κ3) is 4.11. The second-order valence-electron chi connectivity index (χ2n) is 9.26. The van der Waals surface area contributed by atoms with E-state index in [1.54, 1.807) is 6.92 Å². The summed E-state index contributed by atoms with van der Waals surface area (Å²) in [5.74, 6) is -7.76. The average molecular weight is 569 g/mol. The van der Waals surface area contributed by atoms with Gasteiger partial charge in [0.1, 0.15) is 11.5 Å². The first kappa shape index (κ1) is 26.3. The Hall–Kier alpha value is -5.98. The lowest BCUT2D eigenvalue weighted by Gasteiger charge is -2.12. The molecule has 6 rings (SSSR count). The molecule has 13 nitrogen and oxygen atoms in total. The van der Waals surface area contributed by atoms with E-state index in [1.807, 2.05) is 0 Å². The molecule has 2 amide bonds. The van der Waals surface area contributed by atoms with Crippen LogP contribution in [0.1, 0.15) is 96.2 Å². The highest BCUT2D eigenvalue weighted by atomic mass is 16.6. The number of rotatable bonds is 6. The van der Waals surface area contributed by atoms with Crippen LogP contribution in [0.15, 0.2) is 48.5 Å². The molecule has 3 heterocycles. The molecule has 3 aliphatic heterocycles. The summed E-state index contributed by atoms with van der Waals surface area (Å²) in [6.45, 7) is 1.82. The predicted octanol–water partition coefficient (Wildman–Crippen LogP) is 2.75. The van der Waals surface area contributed by atoms with Gasteiger partial charge in [0.25, 0.3) is 11.8 Å². The van der Waals surface area contributed by atoms with E-state index < -0.39 is 53.4 Å². The standard InChI is InChI=1S/C29H15NO12/c1-2-7-30-22(31)19-10-14(39-24(33)12-3-5-15-17(8-12)28(37)41-26(15)35)11-20(21(19)23(30)32)40-25(34)13-4-6-16-18(9-13)29(38)42-27(16)36/h3-6,8-11H,2,7H2,1H3. The van der Waals surface area contributed by atoms with Crippen molar-refractivity contribution in [1.29, 1.82) is 0 Å². The van der Waals surface area contributed by atoms with Crippen molar-refractivity contribution in [3.8, 4) is 11.5 Å². The summed E-state index contributed by atoms with van der Waals surface area (Å²) in [4.78, 5) is 100. The topological polar surface area (TPSA) is 177 Å². The summed E-state index contributed by atoms with van der Waals surface area (Å²) < 4.78 is 19.9. The van der Waals surface area contributed by atoms with E-state index in [1.165, 1.54) is 24.3 Å². The van der Waals surface area contributed by atoms with Gasteiger partial charge in [-0.3, -0.25) is 14.5 Å². The number of esters is 6. The molecule has 3 aliphatic rings. The molecular formula is C29H15NO12. The molecule has 42 heavy (non-hydrogen) atoms. The summed E-state index contributed by atoms with van der Waals surface area (Å²) in [7, 11) is 0. The highest BCUT2D eigenvalue weighted by Crippen LogP contribution is 2.36. The Balaban J connectivity index is 1.35. The Kier molecular flexibility index (Phi) is 5.99. The predicted molar refractivity (Wildman–Crippen MR) is 134 cm³/mol. The molecule has 0 unspecified atom stereocenters. The number of hydrogen-bond donors (Lipinski definition) is 0. The monoisotopic (exact) mass is 569 g/mol. The van der Waals surface area contributed by atoms with Crippen molar-refractivity contribution in [2.75, 3.05) is 6.54 Å². The highest BCUT2D eigenvalue weighted by molar-refractivity contribution is 6.23. The van der Waals surface area contributed by atoms with Crippen LogP contribution in [0.4, 0.5) is 0 Å². The number of fused-ring (bicyclic) bond motifs is 3. The van der Waals surface area contributed by atoms with Crippen LogP contribution in [-0.2, 0) is 9.47 Å². The van der Waals surface area contributed by atoms with Gasteiger partial charge in [-0.25, -0.2) is 28.8 Å². The first-order chi connectivity index (χ1) is 20.1. The van der Waals surface area contributed by atoms with E-state index >= 15 is 0 Å². The van der Waals surface area contributed by atoms with E-state index in [0.29, 0.717) is 6.42 Å². The molecule has 0 fully saturated rings. The van der Waals surface area contributed by atoms with Crippen LogP contribution in [0.5, 0.6) is 11.5 Å². The lowest BCUT2D eigenvalue weighted by atomic mass is 10.1. The van der Waals surface area contributed by atoms with Crippen LogP contribution < -0.4 is 9.47 Å². The summed E-state index contributed by atoms with van der Waals surface area (Å²) in [6, 6.07) is 9.28. The number of amides is 2. The maximum absolute atomic E-state index is 13.1. The fraction of sp³-hybridized carbons (Fsp3) is 0.103. The molecular weight excluding hydrogens is 554 g/mol. The maximum atomic E-state index is 13.1. The number of benzene rings is 3. The Morgan fingerprint density at radius 2 is 1.17 bits per heavy atom. The van der Waals surface area contributed by atoms with Crippen LogP contribution in [0.25, 0.3) is 0 Å². The summed E-state index contributed by atoms with van der Waals surface area (Å²) in [5.41, 5.74) is -1.06. The van der Waals surface area contributed by atoms with Crippen molar-refractivity contribution in [3.63, 3.8) is 0 Å². The third-order valence-electron chi connectivity index (χ3n) is 6.63. The lowest BCUT2D eigenvalue weighted by Crippen LogP contribution is -2.30. The maximum Gasteiger partial charge on any atom is 0.346 e. The van der Waals surface area contributed by atoms with Gasteiger partial charge in [0.15, 0.2) is 0 Å². The van der Waals surface area contributed by atoms with Gasteiger partial charge in [0.2, 0.25) is 0 Å². The molecule has 13 heteroatoms. The van der Waals surface area contributed by atoms with Crippen molar-refractivity contribution in [1.82, 2.24) is 4.90 Å². The second kappa shape index (κ2) is 9.59. The molecule has 0 atom stereocenters. The van der Waals surface area contributed by atoms with E-state index in [2.05, 4.69) is 9.47 Å². The molecule has 0 aromatic heterocycles. The fourth-order valence-corrected chi connectivity index (χ4v) is 4.67. The Morgan fingerprint density at radius 3 is 1.71 bits per heavy atom. The molecule has 0 radical (unpaired) electrons. The minimum absolute atomic E-state index is 0.0208. The molecule has 0 spiro atoms. The Bertz CT molecular complexity index is 1850. The second-order valence-corrected chi connectivity index (χ2v) is 9.26. The normalized spacial score (nSPS) is 14.8. The molecule has 0 saturated heterocycles. The first-order valence-corrected chi connectivity index (χ1v) is 12.4. The van der Waals surface area contributed by atoms with Gasteiger partial charge in [-0.1, -0.05) is 6.92 Å². The number of nitrogens with zero attached hydrogens (tertiary/aromatic N) is 1. The average Bonchev–Trinajstić information content (AvgIpc) is 3.51. The summed E-state index contributed by atoms with van der Waals surface area (Å²) >= 11 is 0. The van der Waals surface area contributed by atoms with Crippen molar-refractivity contribution in [2.24, 2.45) is 0 Å². The zero-order chi connectivity index (χ0) is 29.9. The van der Waals surface area contributed by atoms with Crippen molar-refractivity contribution >= 4 is 47.6 Å². The zero-order valence-electron chi connectivity index (χ0n) is 21.4. The molecule has 3 aromatic carbocycles. The minimum atomic E-state index is -1.05. The van der Waals surface area contributed by atoms with Gasteiger partial charge < -0.3 is 18.9 Å². The molecule has 3 aromatic rings. The number of carbonyl (C=O) groups is 8. The smallest absolute Gasteiger partial charge is 0.346 e. The molecule has 0 N–H and O–H groups in total. The van der Waals surface area contributed by atoms with Gasteiger partial charge in [-0.2, -0.15) is 0 Å². The number of carbonyl (C=O) groups excluding carboxylic acids is 8. The van der Waals surface area contributed by atoms with Crippen molar-refractivity contribution in [2.45, 2.75) is 13.3 Å². The van der Waals surface area contributed by atoms with Crippen LogP contribution in [-0.4, -0.2) is 59.1 Å². The van der Waals surface area contributed by atoms with Crippen LogP contribution in [0.3, 0.4) is 0 Å². The van der Waals surface area contributed by atoms with E-state index in [9.17, 15) is 38.4 Å². The van der Waals surface area contributed by atoms with Gasteiger partial charge in [-0.05, 0) is 48.9 Å². The lowest BCUT2D eigenvalue weighted by molar-refractivity contribution is 0.0425. The number of cyclic esters (lactones) is 4. The van der Waals surface area contributed by atoms with Gasteiger partial charge in [0, 0.05) is 12.6 Å². The number of hydrogen-bond acceptors (Lipinski definition) is 12. The Labute approximate surface area is 234 Å². The largest absolute Gasteiger partial charge is 0.423 e. The highest BCUT2D eigenvalue weighted by Gasteiger charge is 2.40. The fourth-order valence-electron chi connectivity index (χ4n) is 4.67. The third-order valence-corrected chi connectivity index (χ3v) is 6.63. The molecule has 208 valence electrons. The quantitative estimate of drug-likeness (QED) is 0.184. The first-order valence-electron chi connectivity index (χ1n) is 12.4. The van der Waals surface area contributed by atoms with Gasteiger partial charge >= 0.3 is 35.8 Å². The van der Waals surface area contributed by atoms with Crippen molar-refractivity contribution < 1.29 is 57.3 Å². The molecule has 0 bridgehead atoms. The summed E-state index contributed by atoms with van der Waals surface area (Å²) in [5, 5.41) is 0. The number of ether oxygens (including phenoxy) is 4. The SMILES string of the molecule is CCCN1C(=O)c2cc(OC(=O)c3ccc4c(c3)C(=O)OC4=O)cc(OC(=O)c3ccc4c(c3)C(=O)OC4=O)c2C1=O. The zero-order valence-corrected chi connectivity index (χ0v) is 21.4. The van der Waals surface area contributed by atoms with E-state index in [4.69, 9.17) is 9.47 Å². The molecule has 0 saturated carbocycles. The van der Waals surface area contributed by atoms with Crippen LogP contribution in [0.2, 0.25) is 0 Å². The Morgan fingerprint density at radius 1 is 0.643 bits per heavy atom. The van der Waals surface area contributed by atoms with Gasteiger partial charge in [-0.15, -0.1) is 0 Å². The van der Waals surface area contributed by atoms with E-state index in [0.717, 1.165) is 29.2 Å². The van der Waals surface area contributed by atoms with E-state index in [-0.39, 0.29) is 56.8 Å². The minimum Gasteiger partial charge on any atom is -0.423 e. The molecule has 0 aliphatic carbocycles. The van der Waals surface area contributed by atoms with Crippen LogP contribution >= 0.6 is 0 Å². The van der Waals surface area contributed by atoms with Crippen molar-refractivity contribution in [3.05, 3.63) is 93.0 Å². The number of imide groups is 1. The van der Waals surface area contributed by atoms with Gasteiger partial charge in [0.05, 0.1) is 44.5 Å². The summed E-state index contributed by atoms with van der Waals surface area (Å²) in [6.07, 6.45) is 0.440. The van der Waals surface area contributed by atoms with Crippen LogP contribution in [0, 0.1) is 0 Å².